The van der Waals surface area contributed by atoms with Crippen molar-refractivity contribution < 1.29 is 4.39 Å². The van der Waals surface area contributed by atoms with Gasteiger partial charge in [-0.15, -0.1) is 0 Å². The van der Waals surface area contributed by atoms with Crippen molar-refractivity contribution in [3.63, 3.8) is 0 Å². The highest BCUT2D eigenvalue weighted by Crippen LogP contribution is 2.22. The third kappa shape index (κ3) is 3.02. The summed E-state index contributed by atoms with van der Waals surface area (Å²) >= 11 is 7.94. The van der Waals surface area contributed by atoms with Gasteiger partial charge in [0.1, 0.15) is 10.8 Å². The number of thiocarbonyl (C=S) groups is 1. The van der Waals surface area contributed by atoms with E-state index in [4.69, 9.17) is 18.0 Å². The van der Waals surface area contributed by atoms with Gasteiger partial charge in [0.2, 0.25) is 0 Å². The Kier molecular flexibility index (Phi) is 3.88. The van der Waals surface area contributed by atoms with Crippen LogP contribution >= 0.6 is 28.1 Å². The van der Waals surface area contributed by atoms with Crippen LogP contribution in [0.25, 0.3) is 0 Å². The molecule has 0 atom stereocenters. The quantitative estimate of drug-likeness (QED) is 0.849. The van der Waals surface area contributed by atoms with Crippen LogP contribution in [0.5, 0.6) is 0 Å². The maximum Gasteiger partial charge on any atom is 0.139 e. The number of nitrogens with one attached hydrogen (secondary N) is 1. The molecule has 3 nitrogen and oxygen atoms in total. The van der Waals surface area contributed by atoms with E-state index in [0.29, 0.717) is 15.9 Å². The number of aromatic nitrogens is 1. The number of hydrogen-bond acceptors (Lipinski definition) is 3. The molecule has 2 rings (SSSR count). The van der Waals surface area contributed by atoms with Gasteiger partial charge in [0.25, 0.3) is 0 Å². The number of nitrogens with two attached hydrogens (primary N) is 1. The van der Waals surface area contributed by atoms with Gasteiger partial charge in [0, 0.05) is 17.6 Å². The molecule has 3 N–H and O–H groups in total. The third-order valence-electron chi connectivity index (χ3n) is 2.22. The highest BCUT2D eigenvalue weighted by Gasteiger charge is 2.03. The summed E-state index contributed by atoms with van der Waals surface area (Å²) in [5.41, 5.74) is 7.40. The van der Waals surface area contributed by atoms with Gasteiger partial charge in [0.05, 0.1) is 10.2 Å². The zero-order valence-corrected chi connectivity index (χ0v) is 11.6. The summed E-state index contributed by atoms with van der Waals surface area (Å²) in [4.78, 5) is 4.25. The standard InChI is InChI=1S/C12H9BrFN3S/c13-9-2-1-7(5-10(9)14)17-8-3-4-16-11(6-8)12(15)18/h1-6H,(H2,15,18)(H,16,17). The average molecular weight is 326 g/mol. The molecule has 18 heavy (non-hydrogen) atoms. The molecule has 0 bridgehead atoms. The molecule has 0 fully saturated rings. The molecule has 0 aliphatic carbocycles. The third-order valence-corrected chi connectivity index (χ3v) is 3.07. The fourth-order valence-corrected chi connectivity index (χ4v) is 1.74. The first-order valence-electron chi connectivity index (χ1n) is 5.04. The van der Waals surface area contributed by atoms with E-state index in [2.05, 4.69) is 26.2 Å². The lowest BCUT2D eigenvalue weighted by atomic mass is 10.2. The maximum atomic E-state index is 13.3. The first-order valence-corrected chi connectivity index (χ1v) is 6.24. The van der Waals surface area contributed by atoms with Crippen LogP contribution in [-0.4, -0.2) is 9.97 Å². The molecule has 0 amide bonds. The van der Waals surface area contributed by atoms with Gasteiger partial charge in [-0.2, -0.15) is 0 Å². The predicted octanol–water partition coefficient (Wildman–Crippen LogP) is 3.36. The van der Waals surface area contributed by atoms with Crippen molar-refractivity contribution in [3.8, 4) is 0 Å². The van der Waals surface area contributed by atoms with Crippen molar-refractivity contribution in [1.29, 1.82) is 0 Å². The Balaban J connectivity index is 2.25. The molecule has 0 radical (unpaired) electrons. The van der Waals surface area contributed by atoms with Crippen molar-refractivity contribution in [2.75, 3.05) is 5.32 Å². The molecule has 1 aromatic heterocycles. The normalized spacial score (nSPS) is 10.1. The van der Waals surface area contributed by atoms with Crippen LogP contribution in [0.4, 0.5) is 15.8 Å². The molecular weight excluding hydrogens is 317 g/mol. The van der Waals surface area contributed by atoms with E-state index < -0.39 is 0 Å². The van der Waals surface area contributed by atoms with Crippen molar-refractivity contribution in [2.45, 2.75) is 0 Å². The number of halogens is 2. The minimum absolute atomic E-state index is 0.223. The van der Waals surface area contributed by atoms with Gasteiger partial charge in [-0.3, -0.25) is 4.98 Å². The summed E-state index contributed by atoms with van der Waals surface area (Å²) in [5, 5.41) is 3.05. The van der Waals surface area contributed by atoms with Gasteiger partial charge in [-0.1, -0.05) is 12.2 Å². The largest absolute Gasteiger partial charge is 0.388 e. The van der Waals surface area contributed by atoms with Gasteiger partial charge in [-0.05, 0) is 46.3 Å². The zero-order chi connectivity index (χ0) is 13.1. The van der Waals surface area contributed by atoms with E-state index in [9.17, 15) is 4.39 Å². The summed E-state index contributed by atoms with van der Waals surface area (Å²) in [6, 6.07) is 8.25. The molecule has 0 spiro atoms. The summed E-state index contributed by atoms with van der Waals surface area (Å²) < 4.78 is 13.8. The molecular formula is C12H9BrFN3S. The second kappa shape index (κ2) is 5.41. The monoisotopic (exact) mass is 325 g/mol. The second-order valence-corrected chi connectivity index (χ2v) is 4.84. The molecule has 1 aromatic carbocycles. The van der Waals surface area contributed by atoms with E-state index in [1.807, 2.05) is 0 Å². The van der Waals surface area contributed by atoms with E-state index >= 15 is 0 Å². The molecule has 0 saturated heterocycles. The zero-order valence-electron chi connectivity index (χ0n) is 9.15. The van der Waals surface area contributed by atoms with Crippen molar-refractivity contribution >= 4 is 44.5 Å². The Morgan fingerprint density at radius 3 is 2.67 bits per heavy atom. The van der Waals surface area contributed by atoms with Crippen molar-refractivity contribution in [1.82, 2.24) is 4.98 Å². The van der Waals surface area contributed by atoms with Crippen molar-refractivity contribution in [3.05, 3.63) is 52.5 Å². The topological polar surface area (TPSA) is 50.9 Å². The van der Waals surface area contributed by atoms with Crippen LogP contribution in [0.3, 0.4) is 0 Å². The molecule has 1 heterocycles. The minimum Gasteiger partial charge on any atom is -0.388 e. The summed E-state index contributed by atoms with van der Waals surface area (Å²) in [5.74, 6) is -0.330. The van der Waals surface area contributed by atoms with Crippen LogP contribution in [0.2, 0.25) is 0 Å². The van der Waals surface area contributed by atoms with E-state index in [0.717, 1.165) is 5.69 Å². The van der Waals surface area contributed by atoms with Gasteiger partial charge >= 0.3 is 0 Å². The van der Waals surface area contributed by atoms with Crippen molar-refractivity contribution in [2.24, 2.45) is 5.73 Å². The van der Waals surface area contributed by atoms with Crippen LogP contribution < -0.4 is 11.1 Å². The summed E-state index contributed by atoms with van der Waals surface area (Å²) in [6.45, 7) is 0. The molecule has 0 unspecified atom stereocenters. The first-order chi connectivity index (χ1) is 8.56. The number of pyridine rings is 1. The molecule has 6 heteroatoms. The Morgan fingerprint density at radius 1 is 1.28 bits per heavy atom. The SMILES string of the molecule is NC(=S)c1cc(Nc2ccc(Br)c(F)c2)ccn1. The fourth-order valence-electron chi connectivity index (χ4n) is 1.38. The minimum atomic E-state index is -0.330. The number of nitrogens with zero attached hydrogens (tertiary/aromatic N) is 1. The van der Waals surface area contributed by atoms with Crippen LogP contribution in [-0.2, 0) is 0 Å². The number of benzene rings is 1. The molecule has 0 saturated carbocycles. The lowest BCUT2D eigenvalue weighted by Crippen LogP contribution is -2.11. The molecule has 2 aromatic rings. The summed E-state index contributed by atoms with van der Waals surface area (Å²) in [6.07, 6.45) is 1.59. The smallest absolute Gasteiger partial charge is 0.139 e. The Labute approximate surface area is 117 Å². The predicted molar refractivity (Wildman–Crippen MR) is 77.5 cm³/mol. The molecule has 0 aliphatic rings. The molecule has 92 valence electrons. The fraction of sp³-hybridized carbons (Fsp3) is 0. The number of rotatable bonds is 3. The van der Waals surface area contributed by atoms with E-state index in [1.54, 1.807) is 30.5 Å². The first kappa shape index (κ1) is 12.9. The Morgan fingerprint density at radius 2 is 2.00 bits per heavy atom. The molecule has 0 aliphatic heterocycles. The highest BCUT2D eigenvalue weighted by atomic mass is 79.9. The van der Waals surface area contributed by atoms with Gasteiger partial charge in [0.15, 0.2) is 0 Å². The van der Waals surface area contributed by atoms with E-state index in [-0.39, 0.29) is 10.8 Å². The Hall–Kier alpha value is -1.53. The lowest BCUT2D eigenvalue weighted by molar-refractivity contribution is 0.622. The summed E-state index contributed by atoms with van der Waals surface area (Å²) in [7, 11) is 0. The number of hydrogen-bond donors (Lipinski definition) is 2. The highest BCUT2D eigenvalue weighted by molar-refractivity contribution is 9.10. The van der Waals surface area contributed by atoms with Crippen LogP contribution in [0.15, 0.2) is 41.0 Å². The lowest BCUT2D eigenvalue weighted by Gasteiger charge is -2.08. The number of anilines is 2. The van der Waals surface area contributed by atoms with E-state index in [1.165, 1.54) is 6.07 Å². The Bertz CT molecular complexity index is 604. The van der Waals surface area contributed by atoms with Crippen LogP contribution in [0.1, 0.15) is 5.69 Å². The second-order valence-electron chi connectivity index (χ2n) is 3.55. The van der Waals surface area contributed by atoms with Gasteiger partial charge < -0.3 is 11.1 Å². The average Bonchev–Trinajstić information content (AvgIpc) is 2.34. The van der Waals surface area contributed by atoms with Crippen LogP contribution in [0, 0.1) is 5.82 Å². The maximum absolute atomic E-state index is 13.3. The van der Waals surface area contributed by atoms with Gasteiger partial charge in [-0.25, -0.2) is 4.39 Å².